The summed E-state index contributed by atoms with van der Waals surface area (Å²) in [6.45, 7) is 4.92. The Labute approximate surface area is 120 Å². The summed E-state index contributed by atoms with van der Waals surface area (Å²) in [5.74, 6) is -0.0849. The molecule has 0 radical (unpaired) electrons. The van der Waals surface area contributed by atoms with Gasteiger partial charge in [-0.3, -0.25) is 4.79 Å². The van der Waals surface area contributed by atoms with Gasteiger partial charge in [0.1, 0.15) is 11.5 Å². The second-order valence-corrected chi connectivity index (χ2v) is 5.76. The maximum atomic E-state index is 12.2. The third-order valence-corrected chi connectivity index (χ3v) is 2.90. The van der Waals surface area contributed by atoms with Crippen LogP contribution in [0.25, 0.3) is 0 Å². The molecule has 3 N–H and O–H groups in total. The molecule has 20 heavy (non-hydrogen) atoms. The van der Waals surface area contributed by atoms with E-state index < -0.39 is 0 Å². The Bertz CT molecular complexity index is 448. The van der Waals surface area contributed by atoms with E-state index in [1.807, 2.05) is 19.0 Å². The molecule has 1 unspecified atom stereocenters. The minimum Gasteiger partial charge on any atom is -0.508 e. The fraction of sp³-hybridized carbons (Fsp3) is 0.533. The van der Waals surface area contributed by atoms with Gasteiger partial charge in [-0.15, -0.1) is 0 Å². The number of likely N-dealkylation sites (N-methyl/N-ethyl adjacent to an activating group) is 1. The number of hydrogen-bond acceptors (Lipinski definition) is 4. The van der Waals surface area contributed by atoms with E-state index in [9.17, 15) is 15.0 Å². The molecule has 5 heteroatoms. The molecule has 1 aromatic carbocycles. The van der Waals surface area contributed by atoms with Gasteiger partial charge in [0.2, 0.25) is 0 Å². The maximum absolute atomic E-state index is 12.2. The molecule has 1 rings (SSSR count). The lowest BCUT2D eigenvalue weighted by molar-refractivity contribution is 0.0921. The van der Waals surface area contributed by atoms with Crippen LogP contribution in [0.15, 0.2) is 18.2 Å². The third-order valence-electron chi connectivity index (χ3n) is 2.90. The first-order valence-corrected chi connectivity index (χ1v) is 6.77. The SMILES string of the molecule is CC(C)CC(CN(C)C)NC(=O)c1cc(O)ccc1O. The molecule has 0 fully saturated rings. The number of carbonyl (C=O) groups is 1. The molecule has 0 aliphatic carbocycles. The van der Waals surface area contributed by atoms with E-state index in [1.54, 1.807) is 0 Å². The Hall–Kier alpha value is -1.75. The smallest absolute Gasteiger partial charge is 0.255 e. The molecule has 1 aromatic rings. The quantitative estimate of drug-likeness (QED) is 0.695. The molecule has 0 aliphatic heterocycles. The van der Waals surface area contributed by atoms with Gasteiger partial charge < -0.3 is 20.4 Å². The first-order valence-electron chi connectivity index (χ1n) is 6.77. The molecule has 0 aromatic heterocycles. The summed E-state index contributed by atoms with van der Waals surface area (Å²) >= 11 is 0. The first kappa shape index (κ1) is 16.3. The van der Waals surface area contributed by atoms with Crippen LogP contribution < -0.4 is 5.32 Å². The summed E-state index contributed by atoms with van der Waals surface area (Å²) in [5.41, 5.74) is 0.0949. The van der Waals surface area contributed by atoms with Crippen molar-refractivity contribution in [3.63, 3.8) is 0 Å². The Balaban J connectivity index is 2.81. The zero-order valence-corrected chi connectivity index (χ0v) is 12.6. The second-order valence-electron chi connectivity index (χ2n) is 5.76. The van der Waals surface area contributed by atoms with Crippen LogP contribution in [-0.4, -0.2) is 47.7 Å². The van der Waals surface area contributed by atoms with Crippen LogP contribution in [0.4, 0.5) is 0 Å². The van der Waals surface area contributed by atoms with Crippen LogP contribution in [0.5, 0.6) is 11.5 Å². The fourth-order valence-corrected chi connectivity index (χ4v) is 2.16. The lowest BCUT2D eigenvalue weighted by Crippen LogP contribution is -2.42. The molecule has 0 heterocycles. The summed E-state index contributed by atoms with van der Waals surface area (Å²) in [6.07, 6.45) is 0.851. The van der Waals surface area contributed by atoms with Crippen molar-refractivity contribution in [2.45, 2.75) is 26.3 Å². The van der Waals surface area contributed by atoms with Gasteiger partial charge >= 0.3 is 0 Å². The van der Waals surface area contributed by atoms with Crippen molar-refractivity contribution in [1.29, 1.82) is 0 Å². The number of nitrogens with one attached hydrogen (secondary N) is 1. The predicted molar refractivity (Wildman–Crippen MR) is 79.0 cm³/mol. The van der Waals surface area contributed by atoms with Crippen molar-refractivity contribution in [1.82, 2.24) is 10.2 Å². The monoisotopic (exact) mass is 280 g/mol. The zero-order valence-electron chi connectivity index (χ0n) is 12.6. The van der Waals surface area contributed by atoms with E-state index in [-0.39, 0.29) is 29.0 Å². The number of nitrogens with zero attached hydrogens (tertiary/aromatic N) is 1. The molecule has 5 nitrogen and oxygen atoms in total. The lowest BCUT2D eigenvalue weighted by atomic mass is 10.0. The van der Waals surface area contributed by atoms with Crippen molar-refractivity contribution >= 4 is 5.91 Å². The second kappa shape index (κ2) is 7.14. The molecule has 0 spiro atoms. The van der Waals surface area contributed by atoms with Crippen molar-refractivity contribution in [2.24, 2.45) is 5.92 Å². The van der Waals surface area contributed by atoms with Gasteiger partial charge in [0.25, 0.3) is 5.91 Å². The van der Waals surface area contributed by atoms with Crippen molar-refractivity contribution in [3.05, 3.63) is 23.8 Å². The number of benzene rings is 1. The third kappa shape index (κ3) is 5.09. The van der Waals surface area contributed by atoms with Crippen LogP contribution in [-0.2, 0) is 0 Å². The van der Waals surface area contributed by atoms with Crippen molar-refractivity contribution in [3.8, 4) is 11.5 Å². The Morgan fingerprint density at radius 2 is 1.95 bits per heavy atom. The van der Waals surface area contributed by atoms with Gasteiger partial charge in [0.15, 0.2) is 0 Å². The van der Waals surface area contributed by atoms with E-state index in [1.165, 1.54) is 18.2 Å². The average molecular weight is 280 g/mol. The Kier molecular flexibility index (Phi) is 5.82. The minimum absolute atomic E-state index is 0.000695. The number of rotatable bonds is 6. The first-order chi connectivity index (χ1) is 9.29. The highest BCUT2D eigenvalue weighted by Gasteiger charge is 2.18. The van der Waals surface area contributed by atoms with Gasteiger partial charge in [0, 0.05) is 12.6 Å². The van der Waals surface area contributed by atoms with Crippen LogP contribution in [0, 0.1) is 5.92 Å². The van der Waals surface area contributed by atoms with Crippen molar-refractivity contribution < 1.29 is 15.0 Å². The highest BCUT2D eigenvalue weighted by molar-refractivity contribution is 5.97. The molecule has 0 aliphatic rings. The summed E-state index contributed by atoms with van der Waals surface area (Å²) in [4.78, 5) is 14.2. The van der Waals surface area contributed by atoms with Crippen LogP contribution in [0.3, 0.4) is 0 Å². The molecule has 0 saturated carbocycles. The van der Waals surface area contributed by atoms with Gasteiger partial charge in [-0.1, -0.05) is 13.8 Å². The molecule has 0 bridgehead atoms. The standard InChI is InChI=1S/C15H24N2O3/c1-10(2)7-11(9-17(3)4)16-15(20)13-8-12(18)5-6-14(13)19/h5-6,8,10-11,18-19H,7,9H2,1-4H3,(H,16,20). The average Bonchev–Trinajstić information content (AvgIpc) is 2.30. The highest BCUT2D eigenvalue weighted by Crippen LogP contribution is 2.22. The van der Waals surface area contributed by atoms with E-state index in [4.69, 9.17) is 0 Å². The molecule has 112 valence electrons. The van der Waals surface area contributed by atoms with Crippen LogP contribution in [0.1, 0.15) is 30.6 Å². The van der Waals surface area contributed by atoms with Crippen LogP contribution >= 0.6 is 0 Å². The number of hydrogen-bond donors (Lipinski definition) is 3. The van der Waals surface area contributed by atoms with Crippen molar-refractivity contribution in [2.75, 3.05) is 20.6 Å². The van der Waals surface area contributed by atoms with E-state index in [2.05, 4.69) is 19.2 Å². The number of phenols is 2. The Morgan fingerprint density at radius 1 is 1.30 bits per heavy atom. The molecule has 1 atom stereocenters. The maximum Gasteiger partial charge on any atom is 0.255 e. The molecular weight excluding hydrogens is 256 g/mol. The van der Waals surface area contributed by atoms with Gasteiger partial charge in [0.05, 0.1) is 5.56 Å². The zero-order chi connectivity index (χ0) is 15.3. The lowest BCUT2D eigenvalue weighted by Gasteiger charge is -2.24. The summed E-state index contributed by atoms with van der Waals surface area (Å²) < 4.78 is 0. The largest absolute Gasteiger partial charge is 0.508 e. The topological polar surface area (TPSA) is 72.8 Å². The highest BCUT2D eigenvalue weighted by atomic mass is 16.3. The summed E-state index contributed by atoms with van der Waals surface area (Å²) in [5, 5.41) is 22.0. The molecule has 1 amide bonds. The van der Waals surface area contributed by atoms with Gasteiger partial charge in [-0.05, 0) is 44.6 Å². The number of carbonyl (C=O) groups excluding carboxylic acids is 1. The molecular formula is C15H24N2O3. The Morgan fingerprint density at radius 3 is 2.50 bits per heavy atom. The van der Waals surface area contributed by atoms with E-state index in [0.29, 0.717) is 5.92 Å². The molecule has 0 saturated heterocycles. The van der Waals surface area contributed by atoms with Gasteiger partial charge in [-0.2, -0.15) is 0 Å². The summed E-state index contributed by atoms with van der Waals surface area (Å²) in [6, 6.07) is 3.93. The number of amides is 1. The normalized spacial score (nSPS) is 12.7. The van der Waals surface area contributed by atoms with Crippen LogP contribution in [0.2, 0.25) is 0 Å². The van der Waals surface area contributed by atoms with E-state index >= 15 is 0 Å². The minimum atomic E-state index is -0.370. The summed E-state index contributed by atoms with van der Waals surface area (Å²) in [7, 11) is 3.90. The number of aromatic hydroxyl groups is 2. The predicted octanol–water partition coefficient (Wildman–Crippen LogP) is 1.80. The van der Waals surface area contributed by atoms with Gasteiger partial charge in [-0.25, -0.2) is 0 Å². The van der Waals surface area contributed by atoms with E-state index in [0.717, 1.165) is 13.0 Å². The number of phenolic OH excluding ortho intramolecular Hbond substituents is 2. The fourth-order valence-electron chi connectivity index (χ4n) is 2.16.